The molecule has 2 fully saturated rings. The molecule has 2 atom stereocenters. The molecule has 2 aliphatic rings. The van der Waals surface area contributed by atoms with E-state index in [-0.39, 0.29) is 17.1 Å². The fourth-order valence-corrected chi connectivity index (χ4v) is 5.26. The Morgan fingerprint density at radius 1 is 0.581 bits per heavy atom. The summed E-state index contributed by atoms with van der Waals surface area (Å²) in [5.41, 5.74) is 5.53. The maximum absolute atomic E-state index is 3.59. The molecular formula is C28H28Br2Fe. The molecule has 162 valence electrons. The SMILES string of the molecule is Cc1ccccc1[C@@H](C)[C]1[CH][CH][CH][C]1Br.Cc1ccccc1[C@@H](C)[C]1[CH][CH][CH][C]1Br.[Fe]. The van der Waals surface area contributed by atoms with E-state index in [1.165, 1.54) is 43.7 Å². The van der Waals surface area contributed by atoms with Gasteiger partial charge in [0.2, 0.25) is 0 Å². The smallest absolute Gasteiger partial charge is 0.0524 e. The zero-order valence-electron chi connectivity index (χ0n) is 18.3. The second-order valence-electron chi connectivity index (χ2n) is 7.81. The first-order valence-corrected chi connectivity index (χ1v) is 11.9. The molecule has 0 aromatic heterocycles. The van der Waals surface area contributed by atoms with Gasteiger partial charge in [0, 0.05) is 28.9 Å². The van der Waals surface area contributed by atoms with Crippen LogP contribution >= 0.6 is 31.9 Å². The van der Waals surface area contributed by atoms with Crippen molar-refractivity contribution in [2.75, 3.05) is 0 Å². The van der Waals surface area contributed by atoms with Crippen molar-refractivity contribution in [2.45, 2.75) is 39.5 Å². The van der Waals surface area contributed by atoms with Crippen LogP contribution in [0.25, 0.3) is 0 Å². The standard InChI is InChI=1S/2C14H14Br.Fe/c2*1-10-6-3-4-7-12(10)11(2)13-8-5-9-14(13)15;/h2*3-9,11H,1-2H3;/t2*11-;/m11./s1. The Morgan fingerprint density at radius 2 is 0.935 bits per heavy atom. The van der Waals surface area contributed by atoms with Gasteiger partial charge in [-0.15, -0.1) is 0 Å². The summed E-state index contributed by atoms with van der Waals surface area (Å²) in [6, 6.07) is 17.1. The molecule has 0 nitrogen and oxygen atoms in total. The van der Waals surface area contributed by atoms with E-state index in [2.05, 4.69) is 147 Å². The number of halogens is 2. The summed E-state index contributed by atoms with van der Waals surface area (Å²) in [6.45, 7) is 8.84. The minimum atomic E-state index is 0. The van der Waals surface area contributed by atoms with Gasteiger partial charge in [0.05, 0.1) is 9.65 Å². The van der Waals surface area contributed by atoms with Crippen LogP contribution in [-0.4, -0.2) is 0 Å². The van der Waals surface area contributed by atoms with Crippen molar-refractivity contribution < 1.29 is 17.1 Å². The molecule has 3 heteroatoms. The van der Waals surface area contributed by atoms with E-state index in [0.717, 1.165) is 0 Å². The maximum Gasteiger partial charge on any atom is 0.0524 e. The molecule has 0 aliphatic heterocycles. The summed E-state index contributed by atoms with van der Waals surface area (Å²) in [6.07, 6.45) is 12.7. The van der Waals surface area contributed by atoms with E-state index in [9.17, 15) is 0 Å². The predicted octanol–water partition coefficient (Wildman–Crippen LogP) is 8.45. The van der Waals surface area contributed by atoms with Crippen LogP contribution in [0, 0.1) is 73.9 Å². The Morgan fingerprint density at radius 3 is 1.23 bits per heavy atom. The molecule has 0 N–H and O–H groups in total. The Labute approximate surface area is 218 Å². The van der Waals surface area contributed by atoms with E-state index < -0.39 is 0 Å². The summed E-state index contributed by atoms with van der Waals surface area (Å²) in [5.74, 6) is 3.64. The fourth-order valence-electron chi connectivity index (χ4n) is 4.01. The molecule has 0 bridgehead atoms. The van der Waals surface area contributed by atoms with Crippen LogP contribution in [0.15, 0.2) is 48.5 Å². The van der Waals surface area contributed by atoms with E-state index in [4.69, 9.17) is 0 Å². The minimum Gasteiger partial charge on any atom is -0.0828 e. The van der Waals surface area contributed by atoms with Crippen molar-refractivity contribution in [3.8, 4) is 0 Å². The third kappa shape index (κ3) is 6.95. The largest absolute Gasteiger partial charge is 0.0828 e. The van der Waals surface area contributed by atoms with Crippen molar-refractivity contribution in [1.29, 1.82) is 0 Å². The van der Waals surface area contributed by atoms with Crippen LogP contribution in [0.5, 0.6) is 0 Å². The fraction of sp³-hybridized carbons (Fsp3) is 0.214. The number of aryl methyl sites for hydroxylation is 2. The van der Waals surface area contributed by atoms with Gasteiger partial charge in [-0.3, -0.25) is 0 Å². The molecule has 0 amide bonds. The van der Waals surface area contributed by atoms with Gasteiger partial charge in [-0.2, -0.15) is 0 Å². The molecule has 2 aromatic rings. The van der Waals surface area contributed by atoms with Gasteiger partial charge in [0.25, 0.3) is 0 Å². The average Bonchev–Trinajstić information content (AvgIpc) is 3.36. The first-order chi connectivity index (χ1) is 14.4. The molecule has 2 saturated carbocycles. The number of hydrogen-bond acceptors (Lipinski definition) is 0. The Bertz CT molecular complexity index is 738. The van der Waals surface area contributed by atoms with Crippen LogP contribution < -0.4 is 0 Å². The van der Waals surface area contributed by atoms with Gasteiger partial charge in [0.15, 0.2) is 0 Å². The summed E-state index contributed by atoms with van der Waals surface area (Å²) in [5, 5.41) is 0. The van der Waals surface area contributed by atoms with Crippen LogP contribution in [0.4, 0.5) is 0 Å². The normalized spacial score (nSPS) is 20.1. The van der Waals surface area contributed by atoms with E-state index >= 15 is 0 Å². The predicted molar refractivity (Wildman–Crippen MR) is 136 cm³/mol. The molecular weight excluding hydrogens is 552 g/mol. The summed E-state index contributed by atoms with van der Waals surface area (Å²) < 4.78 is 0. The molecule has 0 spiro atoms. The van der Waals surface area contributed by atoms with Crippen molar-refractivity contribution in [2.24, 2.45) is 0 Å². The van der Waals surface area contributed by atoms with Crippen LogP contribution in [0.1, 0.15) is 47.9 Å². The maximum atomic E-state index is 3.59. The molecule has 2 aromatic carbocycles. The van der Waals surface area contributed by atoms with Gasteiger partial charge in [-0.25, -0.2) is 0 Å². The first-order valence-electron chi connectivity index (χ1n) is 10.3. The third-order valence-corrected chi connectivity index (χ3v) is 7.28. The van der Waals surface area contributed by atoms with Gasteiger partial charge in [0.1, 0.15) is 0 Å². The summed E-state index contributed by atoms with van der Waals surface area (Å²) >= 11 is 7.18. The van der Waals surface area contributed by atoms with Crippen LogP contribution in [-0.2, 0) is 17.1 Å². The number of benzene rings is 2. The third-order valence-electron chi connectivity index (χ3n) is 5.83. The summed E-state index contributed by atoms with van der Waals surface area (Å²) in [4.78, 5) is 2.41. The molecule has 0 saturated heterocycles. The average molecular weight is 580 g/mol. The molecule has 4 rings (SSSR count). The minimum absolute atomic E-state index is 0. The number of hydrogen-bond donors (Lipinski definition) is 0. The topological polar surface area (TPSA) is 0 Å². The first kappa shape index (κ1) is 27.2. The van der Waals surface area contributed by atoms with Gasteiger partial charge in [-0.1, -0.05) is 94.2 Å². The van der Waals surface area contributed by atoms with Gasteiger partial charge in [-0.05, 0) is 86.5 Å². The Kier molecular flexibility index (Phi) is 11.4. The van der Waals surface area contributed by atoms with Crippen molar-refractivity contribution in [1.82, 2.24) is 0 Å². The van der Waals surface area contributed by atoms with Crippen LogP contribution in [0.3, 0.4) is 0 Å². The molecule has 31 heavy (non-hydrogen) atoms. The zero-order chi connectivity index (χ0) is 21.7. The molecule has 2 aliphatic carbocycles. The zero-order valence-corrected chi connectivity index (χ0v) is 22.6. The second kappa shape index (κ2) is 13.0. The van der Waals surface area contributed by atoms with Crippen molar-refractivity contribution >= 4 is 31.9 Å². The van der Waals surface area contributed by atoms with E-state index in [1.807, 2.05) is 0 Å². The van der Waals surface area contributed by atoms with Crippen molar-refractivity contribution in [3.05, 3.63) is 131 Å². The van der Waals surface area contributed by atoms with Gasteiger partial charge < -0.3 is 0 Å². The second-order valence-corrected chi connectivity index (χ2v) is 9.52. The van der Waals surface area contributed by atoms with Gasteiger partial charge >= 0.3 is 0 Å². The molecule has 0 unspecified atom stereocenters. The number of rotatable bonds is 4. The van der Waals surface area contributed by atoms with Crippen molar-refractivity contribution in [3.63, 3.8) is 0 Å². The quantitative estimate of drug-likeness (QED) is 0.319. The van der Waals surface area contributed by atoms with E-state index in [1.54, 1.807) is 0 Å². The van der Waals surface area contributed by atoms with E-state index in [0.29, 0.717) is 11.8 Å². The Balaban J connectivity index is 0.000000213. The summed E-state index contributed by atoms with van der Waals surface area (Å²) in [7, 11) is 0. The molecule has 0 heterocycles. The Hall–Kier alpha value is -0.0805. The monoisotopic (exact) mass is 578 g/mol. The van der Waals surface area contributed by atoms with Crippen LogP contribution in [0.2, 0.25) is 0 Å². The molecule has 10 radical (unpaired) electrons.